The molecule has 5 heteroatoms. The monoisotopic (exact) mass is 403 g/mol. The van der Waals surface area contributed by atoms with Crippen molar-refractivity contribution >= 4 is 16.8 Å². The number of hydrogen-bond acceptors (Lipinski definition) is 3. The lowest BCUT2D eigenvalue weighted by atomic mass is 9.92. The molecule has 3 heterocycles. The number of H-pyrrole nitrogens is 1. The number of carbonyl (C=O) groups excluding carboxylic acids is 1. The lowest BCUT2D eigenvalue weighted by molar-refractivity contribution is -0.127. The van der Waals surface area contributed by atoms with E-state index in [2.05, 4.69) is 51.6 Å². The van der Waals surface area contributed by atoms with Gasteiger partial charge in [0.1, 0.15) is 5.75 Å². The van der Waals surface area contributed by atoms with E-state index in [9.17, 15) is 4.79 Å². The number of rotatable bonds is 4. The van der Waals surface area contributed by atoms with E-state index in [1.165, 1.54) is 16.6 Å². The SMILES string of the molecule is C[C@@H](C(=O)N[C@H]1CCOc2ccccc21)N1CCC(c2cc3ccccc3[nH]2)CC1. The van der Waals surface area contributed by atoms with Crippen LogP contribution in [0.5, 0.6) is 5.75 Å². The molecule has 0 bridgehead atoms. The topological polar surface area (TPSA) is 57.4 Å². The first-order chi connectivity index (χ1) is 14.7. The van der Waals surface area contributed by atoms with Crippen LogP contribution in [0.3, 0.4) is 0 Å². The van der Waals surface area contributed by atoms with Crippen molar-refractivity contribution in [2.24, 2.45) is 0 Å². The molecule has 5 rings (SSSR count). The molecule has 1 saturated heterocycles. The summed E-state index contributed by atoms with van der Waals surface area (Å²) in [5.74, 6) is 1.54. The van der Waals surface area contributed by atoms with Gasteiger partial charge in [0.15, 0.2) is 0 Å². The summed E-state index contributed by atoms with van der Waals surface area (Å²) in [6, 6.07) is 18.7. The molecule has 1 fully saturated rings. The van der Waals surface area contributed by atoms with Crippen LogP contribution in [-0.4, -0.2) is 41.5 Å². The van der Waals surface area contributed by atoms with Crippen LogP contribution in [0.2, 0.25) is 0 Å². The van der Waals surface area contributed by atoms with Crippen molar-refractivity contribution < 1.29 is 9.53 Å². The lowest BCUT2D eigenvalue weighted by Gasteiger charge is -2.36. The Kier molecular flexibility index (Phi) is 5.21. The van der Waals surface area contributed by atoms with Gasteiger partial charge >= 0.3 is 0 Å². The van der Waals surface area contributed by atoms with Crippen LogP contribution < -0.4 is 10.1 Å². The van der Waals surface area contributed by atoms with Gasteiger partial charge in [0.2, 0.25) is 5.91 Å². The Balaban J connectivity index is 1.19. The third-order valence-electron chi connectivity index (χ3n) is 6.72. The quantitative estimate of drug-likeness (QED) is 0.680. The molecule has 0 unspecified atom stereocenters. The average Bonchev–Trinajstić information content (AvgIpc) is 3.23. The molecular weight excluding hydrogens is 374 g/mol. The summed E-state index contributed by atoms with van der Waals surface area (Å²) in [5.41, 5.74) is 3.62. The van der Waals surface area contributed by atoms with Crippen LogP contribution in [0.1, 0.15) is 49.4 Å². The van der Waals surface area contributed by atoms with Crippen molar-refractivity contribution in [3.05, 3.63) is 65.9 Å². The summed E-state index contributed by atoms with van der Waals surface area (Å²) in [5, 5.41) is 4.54. The first-order valence-electron chi connectivity index (χ1n) is 11.0. The highest BCUT2D eigenvalue weighted by Gasteiger charge is 2.30. The van der Waals surface area contributed by atoms with Gasteiger partial charge in [-0.3, -0.25) is 9.69 Å². The number of benzene rings is 2. The van der Waals surface area contributed by atoms with Crippen molar-refractivity contribution in [2.75, 3.05) is 19.7 Å². The van der Waals surface area contributed by atoms with E-state index in [-0.39, 0.29) is 18.0 Å². The van der Waals surface area contributed by atoms with Crippen LogP contribution in [0.25, 0.3) is 10.9 Å². The predicted molar refractivity (Wildman–Crippen MR) is 119 cm³/mol. The van der Waals surface area contributed by atoms with Crippen LogP contribution in [0.15, 0.2) is 54.6 Å². The minimum absolute atomic E-state index is 0.0359. The van der Waals surface area contributed by atoms with E-state index in [0.717, 1.165) is 43.7 Å². The number of aromatic nitrogens is 1. The van der Waals surface area contributed by atoms with Gasteiger partial charge in [-0.2, -0.15) is 0 Å². The Labute approximate surface area is 177 Å². The van der Waals surface area contributed by atoms with Crippen molar-refractivity contribution in [3.8, 4) is 5.75 Å². The number of fused-ring (bicyclic) bond motifs is 2. The number of para-hydroxylation sites is 2. The van der Waals surface area contributed by atoms with Crippen molar-refractivity contribution in [2.45, 2.75) is 44.2 Å². The second-order valence-electron chi connectivity index (χ2n) is 8.53. The highest BCUT2D eigenvalue weighted by molar-refractivity contribution is 5.82. The predicted octanol–water partition coefficient (Wildman–Crippen LogP) is 4.38. The Morgan fingerprint density at radius 1 is 1.10 bits per heavy atom. The Morgan fingerprint density at radius 3 is 2.70 bits per heavy atom. The Bertz CT molecular complexity index is 1000. The van der Waals surface area contributed by atoms with Crippen molar-refractivity contribution in [1.29, 1.82) is 0 Å². The van der Waals surface area contributed by atoms with E-state index >= 15 is 0 Å². The van der Waals surface area contributed by atoms with Gasteiger partial charge in [0.25, 0.3) is 0 Å². The first-order valence-corrected chi connectivity index (χ1v) is 11.0. The van der Waals surface area contributed by atoms with E-state index in [4.69, 9.17) is 4.74 Å². The second kappa shape index (κ2) is 8.15. The minimum atomic E-state index is -0.122. The molecule has 2 aliphatic rings. The summed E-state index contributed by atoms with van der Waals surface area (Å²) >= 11 is 0. The van der Waals surface area contributed by atoms with Crippen LogP contribution in [0, 0.1) is 0 Å². The normalized spacial score (nSPS) is 21.0. The zero-order chi connectivity index (χ0) is 20.5. The fraction of sp³-hybridized carbons (Fsp3) is 0.400. The highest BCUT2D eigenvalue weighted by Crippen LogP contribution is 2.33. The molecule has 30 heavy (non-hydrogen) atoms. The molecule has 2 atom stereocenters. The largest absolute Gasteiger partial charge is 0.493 e. The van der Waals surface area contributed by atoms with E-state index in [1.54, 1.807) is 0 Å². The fourth-order valence-corrected chi connectivity index (χ4v) is 4.86. The van der Waals surface area contributed by atoms with Gasteiger partial charge in [0, 0.05) is 29.1 Å². The number of nitrogens with one attached hydrogen (secondary N) is 2. The highest BCUT2D eigenvalue weighted by atomic mass is 16.5. The number of likely N-dealkylation sites (tertiary alicyclic amines) is 1. The van der Waals surface area contributed by atoms with E-state index in [1.807, 2.05) is 25.1 Å². The van der Waals surface area contributed by atoms with Gasteiger partial charge in [-0.05, 0) is 56.4 Å². The molecule has 0 saturated carbocycles. The number of carbonyl (C=O) groups is 1. The maximum Gasteiger partial charge on any atom is 0.237 e. The number of ether oxygens (including phenoxy) is 1. The van der Waals surface area contributed by atoms with Gasteiger partial charge in [-0.25, -0.2) is 0 Å². The number of nitrogens with zero attached hydrogens (tertiary/aromatic N) is 1. The third-order valence-corrected chi connectivity index (χ3v) is 6.72. The number of piperidine rings is 1. The van der Waals surface area contributed by atoms with Gasteiger partial charge in [0.05, 0.1) is 18.7 Å². The minimum Gasteiger partial charge on any atom is -0.493 e. The molecule has 1 aromatic heterocycles. The average molecular weight is 404 g/mol. The maximum absolute atomic E-state index is 13.0. The number of hydrogen-bond donors (Lipinski definition) is 2. The van der Waals surface area contributed by atoms with E-state index in [0.29, 0.717) is 12.5 Å². The van der Waals surface area contributed by atoms with Crippen molar-refractivity contribution in [1.82, 2.24) is 15.2 Å². The molecule has 0 radical (unpaired) electrons. The number of amides is 1. The summed E-state index contributed by atoms with van der Waals surface area (Å²) in [6.45, 7) is 4.56. The zero-order valence-electron chi connectivity index (χ0n) is 17.4. The molecule has 156 valence electrons. The lowest BCUT2D eigenvalue weighted by Crippen LogP contribution is -2.49. The molecule has 1 amide bonds. The summed E-state index contributed by atoms with van der Waals surface area (Å²) in [4.78, 5) is 18.9. The second-order valence-corrected chi connectivity index (χ2v) is 8.53. The molecule has 2 aromatic carbocycles. The molecule has 0 spiro atoms. The Hall–Kier alpha value is -2.79. The summed E-state index contributed by atoms with van der Waals surface area (Å²) in [6.07, 6.45) is 2.97. The van der Waals surface area contributed by atoms with Crippen molar-refractivity contribution in [3.63, 3.8) is 0 Å². The maximum atomic E-state index is 13.0. The van der Waals surface area contributed by atoms with Crippen LogP contribution in [-0.2, 0) is 4.79 Å². The molecule has 0 aliphatic carbocycles. The summed E-state index contributed by atoms with van der Waals surface area (Å²) in [7, 11) is 0. The Morgan fingerprint density at radius 2 is 1.87 bits per heavy atom. The van der Waals surface area contributed by atoms with Crippen LogP contribution >= 0.6 is 0 Å². The standard InChI is InChI=1S/C25H29N3O2/c1-17(25(29)27-22-12-15-30-24-9-5-3-7-20(22)24)28-13-10-18(11-14-28)23-16-19-6-2-4-8-21(19)26-23/h2-9,16-18,22,26H,10-15H2,1H3,(H,27,29)/t17-,22-/m0/s1. The van der Waals surface area contributed by atoms with Gasteiger partial charge in [-0.1, -0.05) is 36.4 Å². The summed E-state index contributed by atoms with van der Waals surface area (Å²) < 4.78 is 5.72. The van der Waals surface area contributed by atoms with E-state index < -0.39 is 0 Å². The molecule has 2 N–H and O–H groups in total. The zero-order valence-corrected chi connectivity index (χ0v) is 17.4. The fourth-order valence-electron chi connectivity index (χ4n) is 4.86. The smallest absolute Gasteiger partial charge is 0.237 e. The third kappa shape index (κ3) is 3.70. The molecule has 2 aliphatic heterocycles. The molecule has 3 aromatic rings. The van der Waals surface area contributed by atoms with Gasteiger partial charge < -0.3 is 15.0 Å². The number of aromatic amines is 1. The molecule has 5 nitrogen and oxygen atoms in total. The van der Waals surface area contributed by atoms with Gasteiger partial charge in [-0.15, -0.1) is 0 Å². The van der Waals surface area contributed by atoms with Crippen LogP contribution in [0.4, 0.5) is 0 Å². The first kappa shape index (κ1) is 19.2. The molecular formula is C25H29N3O2.